The molecule has 2 fully saturated rings. The van der Waals surface area contributed by atoms with Crippen molar-refractivity contribution in [3.05, 3.63) is 18.0 Å². The number of hydrogen-bond donors (Lipinski definition) is 0. The monoisotopic (exact) mass is 290 g/mol. The number of amides is 1. The van der Waals surface area contributed by atoms with E-state index < -0.39 is 0 Å². The van der Waals surface area contributed by atoms with E-state index in [0.717, 1.165) is 44.2 Å². The molecule has 1 aliphatic carbocycles. The maximum atomic E-state index is 12.7. The fourth-order valence-electron chi connectivity index (χ4n) is 3.19. The Balaban J connectivity index is 1.58. The van der Waals surface area contributed by atoms with Crippen LogP contribution in [0.4, 0.5) is 0 Å². The van der Waals surface area contributed by atoms with Gasteiger partial charge < -0.3 is 9.80 Å². The van der Waals surface area contributed by atoms with Crippen LogP contribution in [-0.4, -0.2) is 58.2 Å². The molecular weight excluding hydrogens is 264 g/mol. The molecule has 0 spiro atoms. The van der Waals surface area contributed by atoms with Gasteiger partial charge in [0.25, 0.3) is 0 Å². The van der Waals surface area contributed by atoms with Crippen LogP contribution in [0.5, 0.6) is 0 Å². The highest BCUT2D eigenvalue weighted by Crippen LogP contribution is 2.30. The van der Waals surface area contributed by atoms with E-state index in [9.17, 15) is 4.79 Å². The molecule has 2 heterocycles. The summed E-state index contributed by atoms with van der Waals surface area (Å²) in [5, 5.41) is 4.28. The minimum absolute atomic E-state index is 0.199. The molecule has 1 atom stereocenters. The van der Waals surface area contributed by atoms with E-state index in [-0.39, 0.29) is 11.9 Å². The Hall–Kier alpha value is -1.36. The van der Waals surface area contributed by atoms with Gasteiger partial charge in [0.15, 0.2) is 0 Å². The molecule has 1 aromatic rings. The van der Waals surface area contributed by atoms with Crippen LogP contribution in [0.15, 0.2) is 12.3 Å². The first-order chi connectivity index (χ1) is 10.1. The lowest BCUT2D eigenvalue weighted by molar-refractivity contribution is -0.134. The minimum atomic E-state index is -0.199. The van der Waals surface area contributed by atoms with Crippen molar-refractivity contribution in [3.8, 4) is 0 Å². The number of aromatic nitrogens is 2. The van der Waals surface area contributed by atoms with Crippen molar-refractivity contribution in [3.63, 3.8) is 0 Å². The molecular formula is C16H26N4O. The van der Waals surface area contributed by atoms with Crippen LogP contribution in [0.25, 0.3) is 0 Å². The van der Waals surface area contributed by atoms with Crippen molar-refractivity contribution < 1.29 is 4.79 Å². The van der Waals surface area contributed by atoms with Gasteiger partial charge in [-0.3, -0.25) is 9.48 Å². The zero-order chi connectivity index (χ0) is 14.8. The topological polar surface area (TPSA) is 41.4 Å². The highest BCUT2D eigenvalue weighted by Gasteiger charge is 2.28. The number of carbonyl (C=O) groups is 1. The molecule has 0 N–H and O–H groups in total. The zero-order valence-corrected chi connectivity index (χ0v) is 13.2. The Morgan fingerprint density at radius 3 is 2.81 bits per heavy atom. The Bertz CT molecular complexity index is 494. The molecule has 0 radical (unpaired) electrons. The molecule has 3 rings (SSSR count). The second kappa shape index (κ2) is 6.18. The smallest absolute Gasteiger partial charge is 0.247 e. The quantitative estimate of drug-likeness (QED) is 0.847. The lowest BCUT2D eigenvalue weighted by atomic mass is 10.2. The summed E-state index contributed by atoms with van der Waals surface area (Å²) in [6.07, 6.45) is 5.64. The van der Waals surface area contributed by atoms with Gasteiger partial charge in [-0.2, -0.15) is 5.10 Å². The molecule has 5 heteroatoms. The maximum Gasteiger partial charge on any atom is 0.247 e. The van der Waals surface area contributed by atoms with Crippen molar-refractivity contribution in [1.82, 2.24) is 19.6 Å². The molecule has 1 amide bonds. The minimum Gasteiger partial charge on any atom is -0.340 e. The normalized spacial score (nSPS) is 22.1. The summed E-state index contributed by atoms with van der Waals surface area (Å²) in [6.45, 7) is 9.07. The van der Waals surface area contributed by atoms with Gasteiger partial charge in [-0.15, -0.1) is 0 Å². The van der Waals surface area contributed by atoms with Crippen LogP contribution in [-0.2, 0) is 4.79 Å². The molecule has 5 nitrogen and oxygen atoms in total. The summed E-state index contributed by atoms with van der Waals surface area (Å²) in [5.41, 5.74) is 1.04. The van der Waals surface area contributed by atoms with E-state index >= 15 is 0 Å². The highest BCUT2D eigenvalue weighted by molar-refractivity contribution is 5.80. The van der Waals surface area contributed by atoms with E-state index in [1.165, 1.54) is 19.4 Å². The molecule has 1 unspecified atom stereocenters. The van der Waals surface area contributed by atoms with Gasteiger partial charge in [-0.1, -0.05) is 0 Å². The molecule has 0 aromatic carbocycles. The third-order valence-corrected chi connectivity index (χ3v) is 4.71. The largest absolute Gasteiger partial charge is 0.340 e. The molecule has 1 saturated heterocycles. The van der Waals surface area contributed by atoms with Crippen LogP contribution in [0.2, 0.25) is 0 Å². The third-order valence-electron chi connectivity index (χ3n) is 4.71. The Kier molecular flexibility index (Phi) is 4.29. The Morgan fingerprint density at radius 2 is 2.14 bits per heavy atom. The molecule has 21 heavy (non-hydrogen) atoms. The highest BCUT2D eigenvalue weighted by atomic mass is 16.2. The van der Waals surface area contributed by atoms with Crippen LogP contribution >= 0.6 is 0 Å². The first-order valence-electron chi connectivity index (χ1n) is 8.16. The van der Waals surface area contributed by atoms with Gasteiger partial charge in [0.2, 0.25) is 5.91 Å². The van der Waals surface area contributed by atoms with E-state index in [1.807, 2.05) is 29.5 Å². The maximum absolute atomic E-state index is 12.7. The summed E-state index contributed by atoms with van der Waals surface area (Å²) >= 11 is 0. The standard InChI is InChI=1S/C16H26N4O/c1-13-6-7-17-20(13)14(2)16(21)19-9-3-8-18(10-11-19)12-15-4-5-15/h6-7,14-15H,3-5,8-12H2,1-2H3. The van der Waals surface area contributed by atoms with Crippen molar-refractivity contribution in [2.75, 3.05) is 32.7 Å². The zero-order valence-electron chi connectivity index (χ0n) is 13.2. The van der Waals surface area contributed by atoms with Crippen LogP contribution in [0, 0.1) is 12.8 Å². The van der Waals surface area contributed by atoms with Crippen LogP contribution in [0.1, 0.15) is 37.9 Å². The molecule has 1 aliphatic heterocycles. The second-order valence-electron chi connectivity index (χ2n) is 6.52. The van der Waals surface area contributed by atoms with E-state index in [2.05, 4.69) is 10.00 Å². The van der Waals surface area contributed by atoms with Gasteiger partial charge in [-0.05, 0) is 51.6 Å². The van der Waals surface area contributed by atoms with Gasteiger partial charge in [-0.25, -0.2) is 0 Å². The fourth-order valence-corrected chi connectivity index (χ4v) is 3.19. The molecule has 116 valence electrons. The fraction of sp³-hybridized carbons (Fsp3) is 0.750. The lowest BCUT2D eigenvalue weighted by Crippen LogP contribution is -2.39. The number of carbonyl (C=O) groups excluding carboxylic acids is 1. The Morgan fingerprint density at radius 1 is 1.33 bits per heavy atom. The SMILES string of the molecule is Cc1ccnn1C(C)C(=O)N1CCCN(CC2CC2)CC1. The third kappa shape index (κ3) is 3.46. The van der Waals surface area contributed by atoms with Gasteiger partial charge in [0.05, 0.1) is 0 Å². The predicted molar refractivity (Wildman–Crippen MR) is 82.0 cm³/mol. The van der Waals surface area contributed by atoms with Gasteiger partial charge in [0, 0.05) is 38.1 Å². The predicted octanol–water partition coefficient (Wildman–Crippen LogP) is 1.70. The van der Waals surface area contributed by atoms with Crippen LogP contribution in [0.3, 0.4) is 0 Å². The summed E-state index contributed by atoms with van der Waals surface area (Å²) < 4.78 is 1.83. The van der Waals surface area contributed by atoms with Crippen LogP contribution < -0.4 is 0 Å². The van der Waals surface area contributed by atoms with Crippen molar-refractivity contribution in [2.24, 2.45) is 5.92 Å². The van der Waals surface area contributed by atoms with E-state index in [1.54, 1.807) is 6.20 Å². The molecule has 2 aliphatic rings. The lowest BCUT2D eigenvalue weighted by Gasteiger charge is -2.25. The number of rotatable bonds is 4. The van der Waals surface area contributed by atoms with Crippen molar-refractivity contribution >= 4 is 5.91 Å². The first-order valence-corrected chi connectivity index (χ1v) is 8.16. The average Bonchev–Trinajstić information content (AvgIpc) is 3.23. The summed E-state index contributed by atoms with van der Waals surface area (Å²) in [7, 11) is 0. The van der Waals surface area contributed by atoms with Crippen molar-refractivity contribution in [2.45, 2.75) is 39.2 Å². The molecule has 1 aromatic heterocycles. The summed E-state index contributed by atoms with van der Waals surface area (Å²) in [4.78, 5) is 17.3. The number of hydrogen-bond acceptors (Lipinski definition) is 3. The molecule has 0 bridgehead atoms. The molecule has 1 saturated carbocycles. The van der Waals surface area contributed by atoms with E-state index in [4.69, 9.17) is 0 Å². The summed E-state index contributed by atoms with van der Waals surface area (Å²) in [6, 6.07) is 1.75. The van der Waals surface area contributed by atoms with Gasteiger partial charge >= 0.3 is 0 Å². The average molecular weight is 290 g/mol. The first kappa shape index (κ1) is 14.6. The second-order valence-corrected chi connectivity index (χ2v) is 6.52. The van der Waals surface area contributed by atoms with Gasteiger partial charge in [0.1, 0.15) is 6.04 Å². The van der Waals surface area contributed by atoms with E-state index in [0.29, 0.717) is 0 Å². The summed E-state index contributed by atoms with van der Waals surface area (Å²) in [5.74, 6) is 1.13. The number of aryl methyl sites for hydroxylation is 1. The number of nitrogens with zero attached hydrogens (tertiary/aromatic N) is 4. The Labute approximate surface area is 126 Å². The van der Waals surface area contributed by atoms with Crippen molar-refractivity contribution in [1.29, 1.82) is 0 Å².